The van der Waals surface area contributed by atoms with Crippen molar-refractivity contribution in [3.63, 3.8) is 0 Å². The van der Waals surface area contributed by atoms with Crippen molar-refractivity contribution >= 4 is 0 Å². The molecule has 0 heterocycles. The number of nitrogens with zero attached hydrogens (tertiary/aromatic N) is 1. The molecule has 0 bridgehead atoms. The summed E-state index contributed by atoms with van der Waals surface area (Å²) in [6.45, 7) is 4.59. The van der Waals surface area contributed by atoms with E-state index in [0.29, 0.717) is 6.04 Å². The van der Waals surface area contributed by atoms with E-state index in [-0.39, 0.29) is 0 Å². The van der Waals surface area contributed by atoms with Gasteiger partial charge in [-0.25, -0.2) is 0 Å². The van der Waals surface area contributed by atoms with Crippen LogP contribution in [0.15, 0.2) is 12.2 Å². The number of unbranched alkanes of at least 4 members (excludes halogenated alkanes) is 18. The molecule has 1 atom stereocenters. The third-order valence-corrected chi connectivity index (χ3v) is 6.35. The molecule has 0 aliphatic carbocycles. The Kier molecular flexibility index (Phi) is 23.7. The summed E-state index contributed by atoms with van der Waals surface area (Å²) < 4.78 is 0. The minimum absolute atomic E-state index is 0.642. The van der Waals surface area contributed by atoms with Gasteiger partial charge in [-0.05, 0) is 33.4 Å². The van der Waals surface area contributed by atoms with Gasteiger partial charge < -0.3 is 4.90 Å². The average Bonchev–Trinajstić information content (AvgIpc) is 2.71. The molecule has 0 fully saturated rings. The maximum atomic E-state index is 2.47. The van der Waals surface area contributed by atoms with Gasteiger partial charge in [0.1, 0.15) is 0 Å². The Balaban J connectivity index is 3.42. The van der Waals surface area contributed by atoms with Gasteiger partial charge in [0.2, 0.25) is 0 Å². The zero-order valence-corrected chi connectivity index (χ0v) is 21.0. The van der Waals surface area contributed by atoms with Crippen molar-refractivity contribution in [2.24, 2.45) is 0 Å². The number of rotatable bonds is 23. The van der Waals surface area contributed by atoms with Crippen LogP contribution in [0.2, 0.25) is 0 Å². The van der Waals surface area contributed by atoms with Gasteiger partial charge in [0.25, 0.3) is 0 Å². The van der Waals surface area contributed by atoms with Crippen LogP contribution >= 0.6 is 0 Å². The minimum atomic E-state index is 0.642. The molecule has 0 aromatic carbocycles. The van der Waals surface area contributed by atoms with Crippen LogP contribution < -0.4 is 0 Å². The van der Waals surface area contributed by atoms with Crippen molar-refractivity contribution in [2.45, 2.75) is 155 Å². The second-order valence-electron chi connectivity index (χ2n) is 9.55. The Labute approximate surface area is 186 Å². The predicted octanol–water partition coefficient (Wildman–Crippen LogP) is 9.70. The Hall–Kier alpha value is -0.300. The molecule has 0 aliphatic heterocycles. The topological polar surface area (TPSA) is 3.24 Å². The summed E-state index contributed by atoms with van der Waals surface area (Å²) in [5.74, 6) is 0. The highest BCUT2D eigenvalue weighted by Crippen LogP contribution is 2.15. The summed E-state index contributed by atoms with van der Waals surface area (Å²) in [6, 6.07) is 0.642. The van der Waals surface area contributed by atoms with E-state index in [9.17, 15) is 0 Å². The maximum absolute atomic E-state index is 2.47. The molecule has 1 heteroatoms. The van der Waals surface area contributed by atoms with Gasteiger partial charge in [0, 0.05) is 6.04 Å². The second-order valence-corrected chi connectivity index (χ2v) is 9.55. The second kappa shape index (κ2) is 24.0. The summed E-state index contributed by atoms with van der Waals surface area (Å²) in [4.78, 5) is 2.40. The first-order chi connectivity index (χ1) is 14.2. The van der Waals surface area contributed by atoms with Gasteiger partial charge in [0.15, 0.2) is 0 Å². The van der Waals surface area contributed by atoms with E-state index in [4.69, 9.17) is 0 Å². The highest BCUT2D eigenvalue weighted by Gasteiger charge is 2.06. The van der Waals surface area contributed by atoms with Crippen LogP contribution in [0.5, 0.6) is 0 Å². The summed E-state index contributed by atoms with van der Waals surface area (Å²) in [5.41, 5.74) is 0. The predicted molar refractivity (Wildman–Crippen MR) is 135 cm³/mol. The maximum Gasteiger partial charge on any atom is 0.0272 e. The molecule has 1 nitrogen and oxygen atoms in total. The van der Waals surface area contributed by atoms with Gasteiger partial charge >= 0.3 is 0 Å². The molecule has 0 aromatic heterocycles. The lowest BCUT2D eigenvalue weighted by molar-refractivity contribution is 0.318. The first-order valence-corrected chi connectivity index (χ1v) is 13.6. The molecular formula is C28H57N. The number of hydrogen-bond donors (Lipinski definition) is 0. The van der Waals surface area contributed by atoms with Crippen molar-refractivity contribution < 1.29 is 0 Å². The first kappa shape index (κ1) is 28.7. The fourth-order valence-corrected chi connectivity index (χ4v) is 4.19. The van der Waals surface area contributed by atoms with Crippen molar-refractivity contribution in [3.8, 4) is 0 Å². The molecule has 0 aromatic rings. The fourth-order valence-electron chi connectivity index (χ4n) is 4.19. The molecule has 0 amide bonds. The van der Waals surface area contributed by atoms with E-state index in [1.165, 1.54) is 135 Å². The van der Waals surface area contributed by atoms with Crippen LogP contribution in [0.4, 0.5) is 0 Å². The van der Waals surface area contributed by atoms with Crippen LogP contribution in [0.25, 0.3) is 0 Å². The average molecular weight is 408 g/mol. The minimum Gasteiger partial charge on any atom is -0.303 e. The standard InChI is InChI=1S/C28H57N/c1-5-7-9-11-13-14-15-16-17-18-19-20-21-23-25-27-28(29(3)4)26-24-22-12-10-8-6-2/h24,26,28H,5-23,25,27H2,1-4H3. The molecule has 29 heavy (non-hydrogen) atoms. The fraction of sp³-hybridized carbons (Fsp3) is 0.929. The van der Waals surface area contributed by atoms with Crippen molar-refractivity contribution in [1.82, 2.24) is 4.90 Å². The summed E-state index contributed by atoms with van der Waals surface area (Å²) >= 11 is 0. The largest absolute Gasteiger partial charge is 0.303 e. The monoisotopic (exact) mass is 407 g/mol. The summed E-state index contributed by atoms with van der Waals surface area (Å²) in [7, 11) is 4.47. The van der Waals surface area contributed by atoms with Crippen molar-refractivity contribution in [2.75, 3.05) is 14.1 Å². The highest BCUT2D eigenvalue weighted by atomic mass is 15.1. The lowest BCUT2D eigenvalue weighted by Gasteiger charge is -2.21. The van der Waals surface area contributed by atoms with E-state index < -0.39 is 0 Å². The van der Waals surface area contributed by atoms with Gasteiger partial charge in [-0.1, -0.05) is 142 Å². The third kappa shape index (κ3) is 22.2. The molecule has 0 spiro atoms. The number of hydrogen-bond acceptors (Lipinski definition) is 1. The summed E-state index contributed by atoms with van der Waals surface area (Å²) in [6.07, 6.45) is 34.7. The summed E-state index contributed by atoms with van der Waals surface area (Å²) in [5, 5.41) is 0. The lowest BCUT2D eigenvalue weighted by atomic mass is 10.0. The Morgan fingerprint density at radius 1 is 0.517 bits per heavy atom. The van der Waals surface area contributed by atoms with E-state index in [1.807, 2.05) is 0 Å². The van der Waals surface area contributed by atoms with Crippen LogP contribution in [0, 0.1) is 0 Å². The quantitative estimate of drug-likeness (QED) is 0.120. The van der Waals surface area contributed by atoms with Gasteiger partial charge in [-0.2, -0.15) is 0 Å². The van der Waals surface area contributed by atoms with Crippen molar-refractivity contribution in [3.05, 3.63) is 12.2 Å². The van der Waals surface area contributed by atoms with Crippen molar-refractivity contribution in [1.29, 1.82) is 0 Å². The van der Waals surface area contributed by atoms with E-state index in [2.05, 4.69) is 45.0 Å². The van der Waals surface area contributed by atoms with E-state index in [0.717, 1.165) is 0 Å². The first-order valence-electron chi connectivity index (χ1n) is 13.6. The normalized spacial score (nSPS) is 13.0. The number of likely N-dealkylation sites (N-methyl/N-ethyl adjacent to an activating group) is 1. The Bertz CT molecular complexity index is 320. The van der Waals surface area contributed by atoms with Crippen LogP contribution in [-0.2, 0) is 0 Å². The SMILES string of the molecule is CCCCCCC=CC(CCCCCCCCCCCCCCCCC)N(C)C. The molecule has 0 N–H and O–H groups in total. The Morgan fingerprint density at radius 2 is 0.897 bits per heavy atom. The lowest BCUT2D eigenvalue weighted by Crippen LogP contribution is -2.25. The third-order valence-electron chi connectivity index (χ3n) is 6.35. The molecule has 174 valence electrons. The smallest absolute Gasteiger partial charge is 0.0272 e. The van der Waals surface area contributed by atoms with Gasteiger partial charge in [-0.3, -0.25) is 0 Å². The molecule has 0 aliphatic rings. The van der Waals surface area contributed by atoms with Gasteiger partial charge in [0.05, 0.1) is 0 Å². The Morgan fingerprint density at radius 3 is 1.31 bits per heavy atom. The zero-order chi connectivity index (χ0) is 21.4. The van der Waals surface area contributed by atoms with Gasteiger partial charge in [-0.15, -0.1) is 0 Å². The molecule has 1 unspecified atom stereocenters. The number of allylic oxidation sites excluding steroid dienone is 1. The molecular weight excluding hydrogens is 350 g/mol. The van der Waals surface area contributed by atoms with E-state index in [1.54, 1.807) is 0 Å². The molecule has 0 radical (unpaired) electrons. The van der Waals surface area contributed by atoms with Crippen LogP contribution in [-0.4, -0.2) is 25.0 Å². The van der Waals surface area contributed by atoms with Crippen LogP contribution in [0.3, 0.4) is 0 Å². The molecule has 0 rings (SSSR count). The van der Waals surface area contributed by atoms with E-state index >= 15 is 0 Å². The zero-order valence-electron chi connectivity index (χ0n) is 21.0. The highest BCUT2D eigenvalue weighted by molar-refractivity contribution is 4.93. The van der Waals surface area contributed by atoms with Crippen LogP contribution in [0.1, 0.15) is 149 Å². The molecule has 0 saturated heterocycles. The molecule has 0 saturated carbocycles.